The van der Waals surface area contributed by atoms with Crippen molar-refractivity contribution in [1.29, 1.82) is 0 Å². The highest BCUT2D eigenvalue weighted by Gasteiger charge is 2.28. The molecule has 30 heavy (non-hydrogen) atoms. The van der Waals surface area contributed by atoms with Gasteiger partial charge in [-0.2, -0.15) is 4.31 Å². The molecular formula is C23H30N2O4S. The maximum Gasteiger partial charge on any atom is 0.257 e. The number of sulfonamides is 1. The summed E-state index contributed by atoms with van der Waals surface area (Å²) in [5, 5.41) is 0. The molecule has 1 saturated heterocycles. The second-order valence-electron chi connectivity index (χ2n) is 7.49. The Morgan fingerprint density at radius 2 is 1.70 bits per heavy atom. The van der Waals surface area contributed by atoms with Gasteiger partial charge in [-0.3, -0.25) is 4.79 Å². The number of amides is 1. The molecule has 7 heteroatoms. The highest BCUT2D eigenvalue weighted by Crippen LogP contribution is 2.27. The van der Waals surface area contributed by atoms with Crippen LogP contribution in [0.4, 0.5) is 0 Å². The van der Waals surface area contributed by atoms with Crippen LogP contribution in [0.1, 0.15) is 48.5 Å². The second-order valence-corrected chi connectivity index (χ2v) is 9.42. The molecule has 1 amide bonds. The summed E-state index contributed by atoms with van der Waals surface area (Å²) in [7, 11) is -2.16. The molecule has 6 nitrogen and oxygen atoms in total. The van der Waals surface area contributed by atoms with Crippen LogP contribution in [-0.4, -0.2) is 50.3 Å². The molecule has 0 N–H and O–H groups in total. The number of carbonyl (C=O) groups is 1. The van der Waals surface area contributed by atoms with E-state index in [0.29, 0.717) is 31.9 Å². The average Bonchev–Trinajstić information content (AvgIpc) is 3.07. The van der Waals surface area contributed by atoms with Gasteiger partial charge in [-0.25, -0.2) is 8.42 Å². The number of benzene rings is 2. The van der Waals surface area contributed by atoms with Gasteiger partial charge < -0.3 is 9.64 Å². The zero-order chi connectivity index (χ0) is 21.6. The van der Waals surface area contributed by atoms with Gasteiger partial charge in [-0.05, 0) is 43.5 Å². The monoisotopic (exact) mass is 430 g/mol. The lowest BCUT2D eigenvalue weighted by Crippen LogP contribution is -2.33. The minimum absolute atomic E-state index is 0.143. The topological polar surface area (TPSA) is 66.9 Å². The van der Waals surface area contributed by atoms with E-state index in [1.807, 2.05) is 37.3 Å². The summed E-state index contributed by atoms with van der Waals surface area (Å²) in [6.07, 6.45) is 3.82. The molecule has 0 aromatic heterocycles. The van der Waals surface area contributed by atoms with Gasteiger partial charge in [0.15, 0.2) is 0 Å². The molecule has 162 valence electrons. The highest BCUT2D eigenvalue weighted by molar-refractivity contribution is 7.89. The first-order valence-electron chi connectivity index (χ1n) is 10.5. The number of carbonyl (C=O) groups excluding carboxylic acids is 1. The van der Waals surface area contributed by atoms with Crippen LogP contribution in [0.5, 0.6) is 5.75 Å². The highest BCUT2D eigenvalue weighted by atomic mass is 32.2. The minimum atomic E-state index is -3.65. The summed E-state index contributed by atoms with van der Waals surface area (Å²) in [4.78, 5) is 15.1. The van der Waals surface area contributed by atoms with Crippen molar-refractivity contribution in [3.63, 3.8) is 0 Å². The Morgan fingerprint density at radius 1 is 1.03 bits per heavy atom. The van der Waals surface area contributed by atoms with Crippen molar-refractivity contribution in [2.24, 2.45) is 0 Å². The van der Waals surface area contributed by atoms with Gasteiger partial charge in [0.25, 0.3) is 5.91 Å². The normalized spacial score (nSPS) is 15.4. The molecule has 2 aromatic rings. The SMILES string of the molecule is CCN(Cc1ccccc1)C(=O)c1cc(S(=O)(=O)N2CCCCCC2)ccc1OC. The van der Waals surface area contributed by atoms with Crippen LogP contribution in [0.25, 0.3) is 0 Å². The van der Waals surface area contributed by atoms with Crippen LogP contribution in [0.2, 0.25) is 0 Å². The largest absolute Gasteiger partial charge is 0.496 e. The molecule has 0 unspecified atom stereocenters. The van der Waals surface area contributed by atoms with Crippen LogP contribution >= 0.6 is 0 Å². The molecule has 3 rings (SSSR count). The molecule has 0 saturated carbocycles. The molecule has 1 fully saturated rings. The summed E-state index contributed by atoms with van der Waals surface area (Å²) in [6.45, 7) is 3.90. The van der Waals surface area contributed by atoms with Crippen LogP contribution in [-0.2, 0) is 16.6 Å². The Hall–Kier alpha value is -2.38. The van der Waals surface area contributed by atoms with Crippen molar-refractivity contribution >= 4 is 15.9 Å². The van der Waals surface area contributed by atoms with Gasteiger partial charge in [0.05, 0.1) is 17.6 Å². The Kier molecular flexibility index (Phi) is 7.50. The first kappa shape index (κ1) is 22.3. The van der Waals surface area contributed by atoms with Crippen molar-refractivity contribution in [3.8, 4) is 5.75 Å². The molecule has 0 aliphatic carbocycles. The second kappa shape index (κ2) is 10.1. The maximum atomic E-state index is 13.3. The molecule has 1 aliphatic rings. The van der Waals surface area contributed by atoms with Crippen molar-refractivity contribution in [3.05, 3.63) is 59.7 Å². The lowest BCUT2D eigenvalue weighted by atomic mass is 10.1. The molecule has 1 heterocycles. The van der Waals surface area contributed by atoms with Crippen LogP contribution in [0.15, 0.2) is 53.4 Å². The Morgan fingerprint density at radius 3 is 2.30 bits per heavy atom. The Labute approximate surface area is 179 Å². The third-order valence-corrected chi connectivity index (χ3v) is 7.38. The van der Waals surface area contributed by atoms with E-state index >= 15 is 0 Å². The summed E-state index contributed by atoms with van der Waals surface area (Å²) in [5.41, 5.74) is 1.28. The summed E-state index contributed by atoms with van der Waals surface area (Å²) in [5.74, 6) is 0.132. The zero-order valence-electron chi connectivity index (χ0n) is 17.7. The number of nitrogens with zero attached hydrogens (tertiary/aromatic N) is 2. The van der Waals surface area contributed by atoms with E-state index in [1.54, 1.807) is 11.0 Å². The summed E-state index contributed by atoms with van der Waals surface area (Å²) in [6, 6.07) is 14.3. The molecule has 0 spiro atoms. The van der Waals surface area contributed by atoms with Gasteiger partial charge >= 0.3 is 0 Å². The smallest absolute Gasteiger partial charge is 0.257 e. The number of ether oxygens (including phenoxy) is 1. The average molecular weight is 431 g/mol. The number of hydrogen-bond acceptors (Lipinski definition) is 4. The Balaban J connectivity index is 1.92. The van der Waals surface area contributed by atoms with Crippen molar-refractivity contribution in [2.75, 3.05) is 26.7 Å². The quantitative estimate of drug-likeness (QED) is 0.668. The van der Waals surface area contributed by atoms with E-state index < -0.39 is 10.0 Å². The number of methoxy groups -OCH3 is 1. The van der Waals surface area contributed by atoms with Gasteiger partial charge in [0.2, 0.25) is 10.0 Å². The third kappa shape index (κ3) is 5.02. The van der Waals surface area contributed by atoms with Crippen molar-refractivity contribution < 1.29 is 17.9 Å². The molecular weight excluding hydrogens is 400 g/mol. The fraction of sp³-hybridized carbons (Fsp3) is 0.435. The van der Waals surface area contributed by atoms with E-state index in [0.717, 1.165) is 31.2 Å². The Bertz CT molecular complexity index is 952. The molecule has 0 atom stereocenters. The zero-order valence-corrected chi connectivity index (χ0v) is 18.5. The van der Waals surface area contributed by atoms with E-state index in [2.05, 4.69) is 0 Å². The van der Waals surface area contributed by atoms with Crippen LogP contribution in [0.3, 0.4) is 0 Å². The van der Waals surface area contributed by atoms with E-state index in [-0.39, 0.29) is 16.4 Å². The lowest BCUT2D eigenvalue weighted by Gasteiger charge is -2.24. The minimum Gasteiger partial charge on any atom is -0.496 e. The standard InChI is InChI=1S/C23H30N2O4S/c1-3-24(18-19-11-7-6-8-12-19)23(26)21-17-20(13-14-22(21)29-2)30(27,28)25-15-9-4-5-10-16-25/h6-8,11-14,17H,3-5,9-10,15-16,18H2,1-2H3. The van der Waals surface area contributed by atoms with Gasteiger partial charge in [0, 0.05) is 26.2 Å². The molecule has 0 bridgehead atoms. The number of hydrogen-bond donors (Lipinski definition) is 0. The third-order valence-electron chi connectivity index (χ3n) is 5.49. The summed E-state index contributed by atoms with van der Waals surface area (Å²) >= 11 is 0. The van der Waals surface area contributed by atoms with Gasteiger partial charge in [0.1, 0.15) is 5.75 Å². The first-order chi connectivity index (χ1) is 14.5. The van der Waals surface area contributed by atoms with Crippen LogP contribution in [0, 0.1) is 0 Å². The molecule has 2 aromatic carbocycles. The summed E-state index contributed by atoms with van der Waals surface area (Å²) < 4.78 is 33.3. The van der Waals surface area contributed by atoms with E-state index in [1.165, 1.54) is 23.5 Å². The number of rotatable bonds is 7. The predicted molar refractivity (Wildman–Crippen MR) is 117 cm³/mol. The van der Waals surface area contributed by atoms with Crippen LogP contribution < -0.4 is 4.74 Å². The van der Waals surface area contributed by atoms with E-state index in [4.69, 9.17) is 4.74 Å². The van der Waals surface area contributed by atoms with Gasteiger partial charge in [-0.15, -0.1) is 0 Å². The van der Waals surface area contributed by atoms with Gasteiger partial charge in [-0.1, -0.05) is 43.2 Å². The fourth-order valence-corrected chi connectivity index (χ4v) is 5.29. The first-order valence-corrected chi connectivity index (χ1v) is 11.9. The molecule has 1 aliphatic heterocycles. The maximum absolute atomic E-state index is 13.3. The predicted octanol–water partition coefficient (Wildman–Crippen LogP) is 3.92. The molecule has 0 radical (unpaired) electrons. The fourth-order valence-electron chi connectivity index (χ4n) is 3.75. The van der Waals surface area contributed by atoms with Crippen molar-refractivity contribution in [2.45, 2.75) is 44.0 Å². The van der Waals surface area contributed by atoms with Crippen molar-refractivity contribution in [1.82, 2.24) is 9.21 Å². The van der Waals surface area contributed by atoms with E-state index in [9.17, 15) is 13.2 Å². The lowest BCUT2D eigenvalue weighted by molar-refractivity contribution is 0.0749.